The minimum absolute atomic E-state index is 0.381. The fourth-order valence-corrected chi connectivity index (χ4v) is 3.70. The van der Waals surface area contributed by atoms with Crippen LogP contribution in [-0.2, 0) is 13.0 Å². The monoisotopic (exact) mass is 341 g/mol. The molecule has 2 aromatic rings. The second-order valence-corrected chi connectivity index (χ2v) is 7.16. The van der Waals surface area contributed by atoms with Crippen molar-refractivity contribution in [2.45, 2.75) is 39.4 Å². The van der Waals surface area contributed by atoms with E-state index in [-0.39, 0.29) is 0 Å². The van der Waals surface area contributed by atoms with E-state index in [4.69, 9.17) is 10.7 Å². The summed E-state index contributed by atoms with van der Waals surface area (Å²) in [5.74, 6) is 1.64. The van der Waals surface area contributed by atoms with Crippen LogP contribution in [0.5, 0.6) is 0 Å². The second kappa shape index (κ2) is 6.17. The normalized spacial score (nSPS) is 20.0. The van der Waals surface area contributed by atoms with Crippen molar-refractivity contribution in [3.05, 3.63) is 40.7 Å². The standard InChI is InChI=1S/C19H24FN5/c1-12-7-14-10-24(6-4-16(14)22-9-12)17-8-13(2)18(21)19(23-17)25-5-3-15(20)11-25/h7-9,15H,3-6,10-11,21H2,1-2H3/t15-/m1/s1. The van der Waals surface area contributed by atoms with E-state index in [2.05, 4.69) is 22.9 Å². The van der Waals surface area contributed by atoms with Crippen molar-refractivity contribution in [1.82, 2.24) is 9.97 Å². The van der Waals surface area contributed by atoms with Crippen LogP contribution in [0.4, 0.5) is 21.7 Å². The molecule has 1 atom stereocenters. The van der Waals surface area contributed by atoms with Gasteiger partial charge in [-0.2, -0.15) is 0 Å². The van der Waals surface area contributed by atoms with Crippen LogP contribution < -0.4 is 15.5 Å². The molecule has 132 valence electrons. The maximum atomic E-state index is 13.6. The summed E-state index contributed by atoms with van der Waals surface area (Å²) < 4.78 is 13.6. The van der Waals surface area contributed by atoms with Crippen LogP contribution in [0.1, 0.15) is 28.8 Å². The van der Waals surface area contributed by atoms with Crippen molar-refractivity contribution in [3.8, 4) is 0 Å². The molecule has 1 saturated heterocycles. The molecule has 6 heteroatoms. The van der Waals surface area contributed by atoms with Crippen molar-refractivity contribution < 1.29 is 4.39 Å². The van der Waals surface area contributed by atoms with Gasteiger partial charge in [-0.15, -0.1) is 0 Å². The number of aryl methyl sites for hydroxylation is 2. The Morgan fingerprint density at radius 2 is 2.04 bits per heavy atom. The first-order chi connectivity index (χ1) is 12.0. The second-order valence-electron chi connectivity index (χ2n) is 7.16. The van der Waals surface area contributed by atoms with Gasteiger partial charge in [-0.05, 0) is 43.0 Å². The van der Waals surface area contributed by atoms with Crippen molar-refractivity contribution in [2.24, 2.45) is 0 Å². The molecule has 0 aromatic carbocycles. The van der Waals surface area contributed by atoms with E-state index in [1.807, 2.05) is 24.1 Å². The Hall–Kier alpha value is -2.37. The van der Waals surface area contributed by atoms with Gasteiger partial charge in [0, 0.05) is 37.9 Å². The molecule has 0 spiro atoms. The molecule has 0 radical (unpaired) electrons. The largest absolute Gasteiger partial charge is 0.396 e. The summed E-state index contributed by atoms with van der Waals surface area (Å²) in [6.45, 7) is 6.79. The van der Waals surface area contributed by atoms with E-state index in [0.29, 0.717) is 25.2 Å². The lowest BCUT2D eigenvalue weighted by Gasteiger charge is -2.31. The molecule has 5 nitrogen and oxygen atoms in total. The van der Waals surface area contributed by atoms with Gasteiger partial charge in [0.1, 0.15) is 12.0 Å². The summed E-state index contributed by atoms with van der Waals surface area (Å²) in [5.41, 5.74) is 11.5. The summed E-state index contributed by atoms with van der Waals surface area (Å²) in [5, 5.41) is 0. The van der Waals surface area contributed by atoms with Gasteiger partial charge >= 0.3 is 0 Å². The zero-order valence-corrected chi connectivity index (χ0v) is 14.8. The minimum Gasteiger partial charge on any atom is -0.396 e. The van der Waals surface area contributed by atoms with Gasteiger partial charge in [-0.25, -0.2) is 9.37 Å². The van der Waals surface area contributed by atoms with Gasteiger partial charge in [-0.1, -0.05) is 6.07 Å². The van der Waals surface area contributed by atoms with Crippen LogP contribution in [0.3, 0.4) is 0 Å². The molecule has 2 N–H and O–H groups in total. The molecule has 0 unspecified atom stereocenters. The average Bonchev–Trinajstić information content (AvgIpc) is 3.02. The summed E-state index contributed by atoms with van der Waals surface area (Å²) in [4.78, 5) is 13.6. The van der Waals surface area contributed by atoms with E-state index >= 15 is 0 Å². The average molecular weight is 341 g/mol. The molecule has 0 bridgehead atoms. The zero-order valence-electron chi connectivity index (χ0n) is 14.8. The number of halogens is 1. The van der Waals surface area contributed by atoms with Crippen molar-refractivity contribution in [1.29, 1.82) is 0 Å². The first-order valence-corrected chi connectivity index (χ1v) is 8.87. The number of rotatable bonds is 2. The molecule has 0 saturated carbocycles. The first kappa shape index (κ1) is 16.1. The molecule has 2 aliphatic rings. The Morgan fingerprint density at radius 1 is 1.20 bits per heavy atom. The third kappa shape index (κ3) is 3.01. The zero-order chi connectivity index (χ0) is 17.6. The Balaban J connectivity index is 1.66. The summed E-state index contributed by atoms with van der Waals surface area (Å²) in [7, 11) is 0. The number of nitrogens with zero attached hydrogens (tertiary/aromatic N) is 4. The highest BCUT2D eigenvalue weighted by Crippen LogP contribution is 2.32. The topological polar surface area (TPSA) is 58.3 Å². The number of alkyl halides is 1. The number of aromatic nitrogens is 2. The summed E-state index contributed by atoms with van der Waals surface area (Å²) in [6.07, 6.45) is 2.60. The summed E-state index contributed by atoms with van der Waals surface area (Å²) >= 11 is 0. The van der Waals surface area contributed by atoms with E-state index in [1.54, 1.807) is 0 Å². The number of nitrogens with two attached hydrogens (primary N) is 1. The molecule has 4 heterocycles. The van der Waals surface area contributed by atoms with Crippen LogP contribution in [-0.4, -0.2) is 35.8 Å². The fourth-order valence-electron chi connectivity index (χ4n) is 3.70. The fraction of sp³-hybridized carbons (Fsp3) is 0.474. The highest BCUT2D eigenvalue weighted by Gasteiger charge is 2.27. The quantitative estimate of drug-likeness (QED) is 0.910. The molecule has 0 aliphatic carbocycles. The van der Waals surface area contributed by atoms with E-state index in [0.717, 1.165) is 36.7 Å². The lowest BCUT2D eigenvalue weighted by Crippen LogP contribution is -2.32. The SMILES string of the molecule is Cc1cnc2c(c1)CN(c1cc(C)c(N)c(N3CC[C@@H](F)C3)n1)CC2. The van der Waals surface area contributed by atoms with Gasteiger partial charge in [0.2, 0.25) is 0 Å². The molecule has 1 fully saturated rings. The van der Waals surface area contributed by atoms with Crippen molar-refractivity contribution >= 4 is 17.3 Å². The van der Waals surface area contributed by atoms with Gasteiger partial charge in [0.15, 0.2) is 5.82 Å². The lowest BCUT2D eigenvalue weighted by molar-refractivity contribution is 0.364. The van der Waals surface area contributed by atoms with Gasteiger partial charge in [0.05, 0.1) is 12.2 Å². The van der Waals surface area contributed by atoms with Gasteiger partial charge in [-0.3, -0.25) is 4.98 Å². The Kier molecular flexibility index (Phi) is 3.98. The predicted octanol–water partition coefficient (Wildman–Crippen LogP) is 2.79. The van der Waals surface area contributed by atoms with Crippen molar-refractivity contribution in [2.75, 3.05) is 35.2 Å². The van der Waals surface area contributed by atoms with E-state index in [1.165, 1.54) is 16.8 Å². The summed E-state index contributed by atoms with van der Waals surface area (Å²) in [6, 6.07) is 4.24. The maximum absolute atomic E-state index is 13.6. The predicted molar refractivity (Wildman–Crippen MR) is 98.8 cm³/mol. The van der Waals surface area contributed by atoms with Crippen LogP contribution in [0.2, 0.25) is 0 Å². The molecule has 25 heavy (non-hydrogen) atoms. The van der Waals surface area contributed by atoms with Crippen LogP contribution >= 0.6 is 0 Å². The number of anilines is 3. The third-order valence-corrected chi connectivity index (χ3v) is 5.16. The van der Waals surface area contributed by atoms with Gasteiger partial charge < -0.3 is 15.5 Å². The number of hydrogen-bond acceptors (Lipinski definition) is 5. The number of nitrogen functional groups attached to an aromatic ring is 1. The molecular formula is C19H24FN5. The molecule has 2 aliphatic heterocycles. The smallest absolute Gasteiger partial charge is 0.154 e. The Bertz CT molecular complexity index is 807. The van der Waals surface area contributed by atoms with Crippen LogP contribution in [0, 0.1) is 13.8 Å². The number of fused-ring (bicyclic) bond motifs is 1. The third-order valence-electron chi connectivity index (χ3n) is 5.16. The van der Waals surface area contributed by atoms with Crippen LogP contribution in [0.15, 0.2) is 18.3 Å². The van der Waals surface area contributed by atoms with Gasteiger partial charge in [0.25, 0.3) is 0 Å². The highest BCUT2D eigenvalue weighted by atomic mass is 19.1. The number of hydrogen-bond donors (Lipinski definition) is 1. The minimum atomic E-state index is -0.791. The molecular weight excluding hydrogens is 317 g/mol. The Morgan fingerprint density at radius 3 is 2.80 bits per heavy atom. The van der Waals surface area contributed by atoms with Crippen LogP contribution in [0.25, 0.3) is 0 Å². The lowest BCUT2D eigenvalue weighted by atomic mass is 10.0. The Labute approximate surface area is 147 Å². The maximum Gasteiger partial charge on any atom is 0.154 e. The molecule has 2 aromatic heterocycles. The van der Waals surface area contributed by atoms with E-state index < -0.39 is 6.17 Å². The van der Waals surface area contributed by atoms with Crippen molar-refractivity contribution in [3.63, 3.8) is 0 Å². The highest BCUT2D eigenvalue weighted by molar-refractivity contribution is 5.71. The molecule has 0 amide bonds. The van der Waals surface area contributed by atoms with E-state index in [9.17, 15) is 4.39 Å². The number of pyridine rings is 2. The first-order valence-electron chi connectivity index (χ1n) is 8.87. The molecule has 4 rings (SSSR count).